The fraction of sp³-hybridized carbons (Fsp3) is 0.676. The minimum atomic E-state index is -0.700. The van der Waals surface area contributed by atoms with E-state index in [4.69, 9.17) is 11.5 Å². The second-order valence-corrected chi connectivity index (χ2v) is 14.5. The molecule has 1 aromatic carbocycles. The number of phenols is 1. The molecule has 2 amide bonds. The number of rotatable bonds is 19. The lowest BCUT2D eigenvalue weighted by Crippen LogP contribution is -2.63. The van der Waals surface area contributed by atoms with E-state index in [0.717, 1.165) is 89.3 Å². The summed E-state index contributed by atoms with van der Waals surface area (Å²) in [7, 11) is 0. The van der Waals surface area contributed by atoms with E-state index in [1.807, 2.05) is 18.2 Å². The van der Waals surface area contributed by atoms with Crippen LogP contribution >= 0.6 is 0 Å². The van der Waals surface area contributed by atoms with Crippen molar-refractivity contribution in [3.8, 4) is 5.75 Å². The first kappa shape index (κ1) is 33.5. The summed E-state index contributed by atoms with van der Waals surface area (Å²) in [6.07, 6.45) is 18.3. The minimum absolute atomic E-state index is 0.0871. The Balaban J connectivity index is 1.30. The van der Waals surface area contributed by atoms with Crippen molar-refractivity contribution in [3.05, 3.63) is 53.3 Å². The normalized spacial score (nSPS) is 24.1. The Bertz CT molecular complexity index is 1200. The molecule has 4 bridgehead atoms. The summed E-state index contributed by atoms with van der Waals surface area (Å²) in [5.74, 6) is 2.05. The highest BCUT2D eigenvalue weighted by Gasteiger charge is 2.52. The van der Waals surface area contributed by atoms with Crippen molar-refractivity contribution in [3.63, 3.8) is 0 Å². The number of phenolic OH excluding ortho intramolecular Hbond substituents is 1. The molecule has 4 aliphatic carbocycles. The maximum atomic E-state index is 14.1. The molecule has 8 heteroatoms. The third kappa shape index (κ3) is 9.13. The van der Waals surface area contributed by atoms with Gasteiger partial charge in [0.2, 0.25) is 5.91 Å². The van der Waals surface area contributed by atoms with Gasteiger partial charge in [0.1, 0.15) is 17.5 Å². The first-order valence-electron chi connectivity index (χ1n) is 17.9. The van der Waals surface area contributed by atoms with Crippen LogP contribution < -0.4 is 22.1 Å². The summed E-state index contributed by atoms with van der Waals surface area (Å²) in [6.45, 7) is 2.24. The predicted octanol–water partition coefficient (Wildman–Crippen LogP) is 5.59. The molecular formula is C37H57N5O3. The third-order valence-corrected chi connectivity index (χ3v) is 10.7. The van der Waals surface area contributed by atoms with Gasteiger partial charge in [-0.3, -0.25) is 9.59 Å². The topological polar surface area (TPSA) is 135 Å². The number of nitrogens with one attached hydrogen (secondary N) is 2. The highest BCUT2D eigenvalue weighted by atomic mass is 16.3. The maximum Gasteiger partial charge on any atom is 0.268 e. The van der Waals surface area contributed by atoms with Crippen LogP contribution in [0.2, 0.25) is 0 Å². The number of benzene rings is 1. The van der Waals surface area contributed by atoms with Gasteiger partial charge < -0.3 is 31.8 Å². The Labute approximate surface area is 270 Å². The molecule has 8 nitrogen and oxygen atoms in total. The van der Waals surface area contributed by atoms with E-state index < -0.39 is 6.04 Å². The van der Waals surface area contributed by atoms with Crippen LogP contribution in [0.15, 0.2) is 36.4 Å². The average molecular weight is 620 g/mol. The van der Waals surface area contributed by atoms with Crippen LogP contribution in [-0.4, -0.2) is 46.2 Å². The molecule has 0 spiro atoms. The van der Waals surface area contributed by atoms with Gasteiger partial charge in [-0.2, -0.15) is 0 Å². The predicted molar refractivity (Wildman–Crippen MR) is 180 cm³/mol. The standard InChI is InChI=1S/C37H57N5O3/c38-17-7-3-1-2-6-10-31-13-16-34(42(31)19-9-5-4-8-18-39)36(45)40-33(23-27-11-14-32(43)15-12-27)35(44)41-37-24-28-20-29(25-37)22-30(21-28)26-37/h11-16,28-30,33,43H,1-10,17-26,38-39H2,(H,40,45)(H,41,44). The van der Waals surface area contributed by atoms with Crippen LogP contribution in [0.1, 0.15) is 118 Å². The zero-order chi connectivity index (χ0) is 31.6. The summed E-state index contributed by atoms with van der Waals surface area (Å²) >= 11 is 0. The first-order valence-corrected chi connectivity index (χ1v) is 17.9. The van der Waals surface area contributed by atoms with Gasteiger partial charge in [0.25, 0.3) is 5.91 Å². The molecule has 0 radical (unpaired) electrons. The molecule has 0 aliphatic heterocycles. The number of aryl methyl sites for hydroxylation is 1. The number of nitrogens with zero attached hydrogens (tertiary/aromatic N) is 1. The van der Waals surface area contributed by atoms with Crippen molar-refractivity contribution in [2.75, 3.05) is 13.1 Å². The maximum absolute atomic E-state index is 14.1. The van der Waals surface area contributed by atoms with Crippen molar-refractivity contribution in [2.24, 2.45) is 29.2 Å². The number of aromatic hydroxyl groups is 1. The lowest BCUT2D eigenvalue weighted by atomic mass is 9.53. The number of carbonyl (C=O) groups is 2. The number of nitrogens with two attached hydrogens (primary N) is 2. The molecule has 4 aliphatic rings. The van der Waals surface area contributed by atoms with E-state index in [0.29, 0.717) is 36.4 Å². The van der Waals surface area contributed by atoms with Gasteiger partial charge in [-0.1, -0.05) is 44.2 Å². The van der Waals surface area contributed by atoms with E-state index in [2.05, 4.69) is 21.3 Å². The zero-order valence-electron chi connectivity index (χ0n) is 27.3. The van der Waals surface area contributed by atoms with Crippen LogP contribution in [0, 0.1) is 17.8 Å². The molecular weight excluding hydrogens is 562 g/mol. The van der Waals surface area contributed by atoms with Crippen LogP contribution in [0.4, 0.5) is 0 Å². The van der Waals surface area contributed by atoms with E-state index >= 15 is 0 Å². The van der Waals surface area contributed by atoms with Gasteiger partial charge >= 0.3 is 0 Å². The van der Waals surface area contributed by atoms with Crippen molar-refractivity contribution < 1.29 is 14.7 Å². The number of amides is 2. The van der Waals surface area contributed by atoms with Crippen LogP contribution in [0.3, 0.4) is 0 Å². The third-order valence-electron chi connectivity index (χ3n) is 10.7. The Hall–Kier alpha value is -2.84. The quantitative estimate of drug-likeness (QED) is 0.131. The summed E-state index contributed by atoms with van der Waals surface area (Å²) < 4.78 is 2.19. The van der Waals surface area contributed by atoms with Crippen LogP contribution in [-0.2, 0) is 24.2 Å². The van der Waals surface area contributed by atoms with E-state index in [1.165, 1.54) is 37.8 Å². The van der Waals surface area contributed by atoms with Gasteiger partial charge in [0.05, 0.1) is 0 Å². The van der Waals surface area contributed by atoms with Crippen molar-refractivity contribution in [2.45, 2.75) is 127 Å². The molecule has 1 atom stereocenters. The number of aromatic nitrogens is 1. The monoisotopic (exact) mass is 619 g/mol. The van der Waals surface area contributed by atoms with E-state index in [1.54, 1.807) is 12.1 Å². The Morgan fingerprint density at radius 3 is 2.00 bits per heavy atom. The SMILES string of the molecule is NCCCCCCCc1ccc(C(=O)NC(Cc2ccc(O)cc2)C(=O)NC23CC4CC(CC(C4)C2)C3)n1CCCCCCN. The number of carbonyl (C=O) groups excluding carboxylic acids is 2. The van der Waals surface area contributed by atoms with Gasteiger partial charge in [-0.05, 0) is 131 Å². The minimum Gasteiger partial charge on any atom is -0.508 e. The van der Waals surface area contributed by atoms with Gasteiger partial charge in [0, 0.05) is 24.2 Å². The lowest BCUT2D eigenvalue weighted by Gasteiger charge is -2.57. The van der Waals surface area contributed by atoms with E-state index in [9.17, 15) is 14.7 Å². The van der Waals surface area contributed by atoms with Gasteiger partial charge in [0.15, 0.2) is 0 Å². The summed E-state index contributed by atoms with van der Waals surface area (Å²) in [5, 5.41) is 16.5. The molecule has 4 saturated carbocycles. The number of hydrogen-bond acceptors (Lipinski definition) is 5. The van der Waals surface area contributed by atoms with Crippen molar-refractivity contribution in [1.29, 1.82) is 0 Å². The molecule has 1 unspecified atom stereocenters. The lowest BCUT2D eigenvalue weighted by molar-refractivity contribution is -0.128. The van der Waals surface area contributed by atoms with Gasteiger partial charge in [-0.15, -0.1) is 0 Å². The summed E-state index contributed by atoms with van der Waals surface area (Å²) in [5.41, 5.74) is 14.0. The highest BCUT2D eigenvalue weighted by molar-refractivity contribution is 5.97. The average Bonchev–Trinajstić information content (AvgIpc) is 3.41. The molecule has 7 N–H and O–H groups in total. The molecule has 4 fully saturated rings. The summed E-state index contributed by atoms with van der Waals surface area (Å²) in [4.78, 5) is 28.1. The van der Waals surface area contributed by atoms with E-state index in [-0.39, 0.29) is 23.1 Å². The molecule has 248 valence electrons. The molecule has 1 heterocycles. The second-order valence-electron chi connectivity index (χ2n) is 14.5. The van der Waals surface area contributed by atoms with Crippen molar-refractivity contribution in [1.82, 2.24) is 15.2 Å². The molecule has 45 heavy (non-hydrogen) atoms. The zero-order valence-corrected chi connectivity index (χ0v) is 27.3. The molecule has 0 saturated heterocycles. The van der Waals surface area contributed by atoms with Gasteiger partial charge in [-0.25, -0.2) is 0 Å². The molecule has 2 aromatic rings. The fourth-order valence-corrected chi connectivity index (χ4v) is 8.86. The molecule has 6 rings (SSSR count). The fourth-order valence-electron chi connectivity index (χ4n) is 8.86. The number of unbranched alkanes of at least 4 members (excludes halogenated alkanes) is 7. The molecule has 1 aromatic heterocycles. The second kappa shape index (κ2) is 16.1. The number of hydrogen-bond donors (Lipinski definition) is 5. The largest absolute Gasteiger partial charge is 0.508 e. The Morgan fingerprint density at radius 1 is 0.800 bits per heavy atom. The van der Waals surface area contributed by atoms with Crippen LogP contribution in [0.5, 0.6) is 5.75 Å². The summed E-state index contributed by atoms with van der Waals surface area (Å²) in [6, 6.07) is 10.3. The highest BCUT2D eigenvalue weighted by Crippen LogP contribution is 2.55. The Kier molecular flexibility index (Phi) is 12.0. The van der Waals surface area contributed by atoms with Crippen molar-refractivity contribution >= 4 is 11.8 Å². The smallest absolute Gasteiger partial charge is 0.268 e. The van der Waals surface area contributed by atoms with Crippen LogP contribution in [0.25, 0.3) is 0 Å². The Morgan fingerprint density at radius 2 is 1.38 bits per heavy atom. The first-order chi connectivity index (χ1) is 21.9.